The number of guanidine groups is 1. The van der Waals surface area contributed by atoms with Gasteiger partial charge < -0.3 is 15.5 Å². The molecule has 1 fully saturated rings. The van der Waals surface area contributed by atoms with Crippen LogP contribution >= 0.6 is 24.0 Å². The van der Waals surface area contributed by atoms with Crippen molar-refractivity contribution in [1.82, 2.24) is 25.4 Å². The molecule has 0 bridgehead atoms. The van der Waals surface area contributed by atoms with Crippen molar-refractivity contribution < 1.29 is 0 Å². The van der Waals surface area contributed by atoms with Crippen LogP contribution in [-0.4, -0.2) is 67.1 Å². The minimum Gasteiger partial charge on any atom is -0.357 e. The van der Waals surface area contributed by atoms with Crippen LogP contribution in [0.1, 0.15) is 30.2 Å². The molecule has 170 valence electrons. The number of rotatable bonds is 8. The zero-order valence-electron chi connectivity index (χ0n) is 18.9. The maximum atomic E-state index is 4.74. The Bertz CT molecular complexity index is 765. The molecule has 0 saturated carbocycles. The van der Waals surface area contributed by atoms with Crippen molar-refractivity contribution >= 4 is 29.9 Å². The molecule has 0 atom stereocenters. The summed E-state index contributed by atoms with van der Waals surface area (Å²) in [6.07, 6.45) is 3.97. The van der Waals surface area contributed by atoms with Gasteiger partial charge in [0.25, 0.3) is 0 Å². The van der Waals surface area contributed by atoms with E-state index in [-0.39, 0.29) is 24.0 Å². The first kappa shape index (κ1) is 25.5. The maximum Gasteiger partial charge on any atom is 0.191 e. The Morgan fingerprint density at radius 3 is 2.55 bits per heavy atom. The van der Waals surface area contributed by atoms with E-state index in [1.807, 2.05) is 18.3 Å². The van der Waals surface area contributed by atoms with Gasteiger partial charge in [-0.1, -0.05) is 30.3 Å². The van der Waals surface area contributed by atoms with Crippen LogP contribution in [0.5, 0.6) is 0 Å². The van der Waals surface area contributed by atoms with Crippen molar-refractivity contribution in [2.24, 2.45) is 4.99 Å². The first-order chi connectivity index (χ1) is 14.7. The lowest BCUT2D eigenvalue weighted by Crippen LogP contribution is -2.38. The Labute approximate surface area is 204 Å². The molecule has 2 heterocycles. The minimum atomic E-state index is 0. The maximum absolute atomic E-state index is 4.74. The summed E-state index contributed by atoms with van der Waals surface area (Å²) in [6, 6.07) is 14.9. The van der Waals surface area contributed by atoms with Crippen molar-refractivity contribution in [3.8, 4) is 0 Å². The van der Waals surface area contributed by atoms with Crippen LogP contribution in [0.4, 0.5) is 0 Å². The number of halogens is 1. The Morgan fingerprint density at radius 1 is 1.00 bits per heavy atom. The number of aliphatic imine (C=N–C) groups is 1. The predicted octanol–water partition coefficient (Wildman–Crippen LogP) is 3.13. The molecular weight excluding hydrogens is 499 g/mol. The van der Waals surface area contributed by atoms with E-state index < -0.39 is 0 Å². The van der Waals surface area contributed by atoms with E-state index in [0.29, 0.717) is 6.54 Å². The largest absolute Gasteiger partial charge is 0.357 e. The van der Waals surface area contributed by atoms with Crippen LogP contribution in [0.2, 0.25) is 0 Å². The van der Waals surface area contributed by atoms with E-state index in [2.05, 4.69) is 69.7 Å². The fraction of sp³-hybridized carbons (Fsp3) is 0.500. The van der Waals surface area contributed by atoms with Crippen molar-refractivity contribution in [1.29, 1.82) is 0 Å². The van der Waals surface area contributed by atoms with Gasteiger partial charge in [-0.05, 0) is 56.7 Å². The second-order valence-electron chi connectivity index (χ2n) is 7.94. The SMILES string of the molecule is CCNC(=NCc1ccc(CN2CCCN(C)CC2)cc1)NCCc1ccccn1.I. The molecule has 0 amide bonds. The minimum absolute atomic E-state index is 0. The molecule has 0 radical (unpaired) electrons. The number of nitrogens with one attached hydrogen (secondary N) is 2. The highest BCUT2D eigenvalue weighted by molar-refractivity contribution is 14.0. The van der Waals surface area contributed by atoms with E-state index >= 15 is 0 Å². The lowest BCUT2D eigenvalue weighted by Gasteiger charge is -2.20. The predicted molar refractivity (Wildman–Crippen MR) is 140 cm³/mol. The van der Waals surface area contributed by atoms with Gasteiger partial charge in [-0.2, -0.15) is 0 Å². The molecule has 0 spiro atoms. The average molecular weight is 537 g/mol. The molecule has 3 rings (SSSR count). The standard InChI is InChI=1S/C24H36N6.HI/c1-3-25-24(27-14-12-23-7-4-5-13-26-23)28-19-21-8-10-22(11-9-21)20-30-16-6-15-29(2)17-18-30;/h4-5,7-11,13H,3,6,12,14-20H2,1-2H3,(H2,25,27,28);1H. The molecule has 6 nitrogen and oxygen atoms in total. The summed E-state index contributed by atoms with van der Waals surface area (Å²) < 4.78 is 0. The molecular formula is C24H37IN6. The van der Waals surface area contributed by atoms with E-state index in [1.54, 1.807) is 0 Å². The molecule has 2 N–H and O–H groups in total. The summed E-state index contributed by atoms with van der Waals surface area (Å²) in [7, 11) is 2.22. The van der Waals surface area contributed by atoms with Crippen molar-refractivity contribution in [3.05, 3.63) is 65.5 Å². The summed E-state index contributed by atoms with van der Waals surface area (Å²) in [5.74, 6) is 0.853. The summed E-state index contributed by atoms with van der Waals surface area (Å²) in [5, 5.41) is 6.72. The number of hydrogen-bond acceptors (Lipinski definition) is 4. The molecule has 1 aromatic carbocycles. The van der Waals surface area contributed by atoms with Crippen LogP contribution in [0, 0.1) is 0 Å². The van der Waals surface area contributed by atoms with Crippen LogP contribution in [0.3, 0.4) is 0 Å². The lowest BCUT2D eigenvalue weighted by atomic mass is 10.1. The summed E-state index contributed by atoms with van der Waals surface area (Å²) >= 11 is 0. The zero-order chi connectivity index (χ0) is 21.0. The van der Waals surface area contributed by atoms with Crippen LogP contribution < -0.4 is 10.6 Å². The Morgan fingerprint density at radius 2 is 1.81 bits per heavy atom. The van der Waals surface area contributed by atoms with E-state index in [1.165, 1.54) is 30.6 Å². The van der Waals surface area contributed by atoms with Crippen molar-refractivity contribution in [2.75, 3.05) is 46.3 Å². The fourth-order valence-corrected chi connectivity index (χ4v) is 3.63. The highest BCUT2D eigenvalue weighted by atomic mass is 127. The molecule has 7 heteroatoms. The summed E-state index contributed by atoms with van der Waals surface area (Å²) in [6.45, 7) is 10.2. The molecule has 1 aliphatic heterocycles. The zero-order valence-corrected chi connectivity index (χ0v) is 21.2. The second-order valence-corrected chi connectivity index (χ2v) is 7.94. The first-order valence-corrected chi connectivity index (χ1v) is 11.1. The average Bonchev–Trinajstić information content (AvgIpc) is 2.98. The number of hydrogen-bond donors (Lipinski definition) is 2. The number of benzene rings is 1. The third kappa shape index (κ3) is 9.53. The Kier molecular flexibility index (Phi) is 11.8. The van der Waals surface area contributed by atoms with Gasteiger partial charge in [0, 0.05) is 51.0 Å². The van der Waals surface area contributed by atoms with Crippen molar-refractivity contribution in [3.63, 3.8) is 0 Å². The molecule has 1 saturated heterocycles. The van der Waals surface area contributed by atoms with E-state index in [4.69, 9.17) is 4.99 Å². The van der Waals surface area contributed by atoms with Gasteiger partial charge in [-0.15, -0.1) is 24.0 Å². The molecule has 31 heavy (non-hydrogen) atoms. The highest BCUT2D eigenvalue weighted by Gasteiger charge is 2.12. The van der Waals surface area contributed by atoms with Gasteiger partial charge >= 0.3 is 0 Å². The molecule has 1 aliphatic rings. The number of aromatic nitrogens is 1. The Balaban J connectivity index is 0.00000341. The Hall–Kier alpha value is -1.71. The highest BCUT2D eigenvalue weighted by Crippen LogP contribution is 2.11. The van der Waals surface area contributed by atoms with Gasteiger partial charge in [-0.25, -0.2) is 4.99 Å². The van der Waals surface area contributed by atoms with Gasteiger partial charge in [-0.3, -0.25) is 9.88 Å². The van der Waals surface area contributed by atoms with Gasteiger partial charge in [0.15, 0.2) is 5.96 Å². The monoisotopic (exact) mass is 536 g/mol. The fourth-order valence-electron chi connectivity index (χ4n) is 3.63. The molecule has 1 aromatic heterocycles. The van der Waals surface area contributed by atoms with Gasteiger partial charge in [0.2, 0.25) is 0 Å². The smallest absolute Gasteiger partial charge is 0.191 e. The molecule has 0 aliphatic carbocycles. The second kappa shape index (κ2) is 14.4. The molecule has 2 aromatic rings. The lowest BCUT2D eigenvalue weighted by molar-refractivity contribution is 0.269. The first-order valence-electron chi connectivity index (χ1n) is 11.1. The number of likely N-dealkylation sites (N-methyl/N-ethyl adjacent to an activating group) is 1. The normalized spacial score (nSPS) is 15.7. The quantitative estimate of drug-likeness (QED) is 0.309. The van der Waals surface area contributed by atoms with Crippen LogP contribution in [0.15, 0.2) is 53.7 Å². The van der Waals surface area contributed by atoms with Crippen molar-refractivity contribution in [2.45, 2.75) is 32.9 Å². The topological polar surface area (TPSA) is 55.8 Å². The summed E-state index contributed by atoms with van der Waals surface area (Å²) in [5.41, 5.74) is 3.71. The van der Waals surface area contributed by atoms with Crippen LogP contribution in [-0.2, 0) is 19.5 Å². The van der Waals surface area contributed by atoms with E-state index in [0.717, 1.165) is 50.8 Å². The number of nitrogens with zero attached hydrogens (tertiary/aromatic N) is 4. The van der Waals surface area contributed by atoms with Gasteiger partial charge in [0.05, 0.1) is 6.54 Å². The van der Waals surface area contributed by atoms with Gasteiger partial charge in [0.1, 0.15) is 0 Å². The third-order valence-corrected chi connectivity index (χ3v) is 5.40. The van der Waals surface area contributed by atoms with E-state index in [9.17, 15) is 0 Å². The third-order valence-electron chi connectivity index (χ3n) is 5.40. The van der Waals surface area contributed by atoms with Crippen LogP contribution in [0.25, 0.3) is 0 Å². The summed E-state index contributed by atoms with van der Waals surface area (Å²) in [4.78, 5) is 14.1. The number of pyridine rings is 1. The molecule has 0 unspecified atom stereocenters.